The molecule has 0 aliphatic carbocycles. The lowest BCUT2D eigenvalue weighted by molar-refractivity contribution is -0.151. The zero-order valence-electron chi connectivity index (χ0n) is 24.4. The predicted molar refractivity (Wildman–Crippen MR) is 162 cm³/mol. The van der Waals surface area contributed by atoms with Gasteiger partial charge in [-0.15, -0.1) is 0 Å². The molecule has 0 radical (unpaired) electrons. The number of carbonyl (C=O) groups is 3. The Morgan fingerprint density at radius 2 is 1.73 bits per heavy atom. The molecule has 2 atom stereocenters. The molecule has 0 spiro atoms. The molecule has 1 aliphatic heterocycles. The molecule has 0 saturated carbocycles. The van der Waals surface area contributed by atoms with Crippen molar-refractivity contribution in [2.75, 3.05) is 23.5 Å². The average molecular weight is 577 g/mol. The third-order valence-corrected chi connectivity index (χ3v) is 7.92. The van der Waals surface area contributed by atoms with Crippen molar-refractivity contribution in [1.82, 2.24) is 0 Å². The molecule has 0 saturated heterocycles. The standard InChI is InChI=1S/C33H37ClN2O5/c1-21-19-25(34)13-16-28(21)36(23(3)37)30-20-22(2)35(29-10-8-7-9-27(29)30)31(38)24-11-14-26(15-12-24)41-18-17-33(4,5)32(39)40-6/h7-16,19,22,30H,17-18,20H2,1-6H3/t22-,30+/m0/s1. The summed E-state index contributed by atoms with van der Waals surface area (Å²) in [5.74, 6) is 0.131. The Labute approximate surface area is 247 Å². The second-order valence-corrected chi connectivity index (χ2v) is 11.6. The van der Waals surface area contributed by atoms with Gasteiger partial charge in [0.15, 0.2) is 0 Å². The van der Waals surface area contributed by atoms with E-state index < -0.39 is 5.41 Å². The van der Waals surface area contributed by atoms with Crippen molar-refractivity contribution in [2.24, 2.45) is 5.41 Å². The van der Waals surface area contributed by atoms with Crippen LogP contribution in [0, 0.1) is 12.3 Å². The average Bonchev–Trinajstić information content (AvgIpc) is 2.93. The van der Waals surface area contributed by atoms with Gasteiger partial charge < -0.3 is 19.3 Å². The Hall–Kier alpha value is -3.84. The minimum atomic E-state index is -0.648. The largest absolute Gasteiger partial charge is 0.494 e. The van der Waals surface area contributed by atoms with E-state index in [2.05, 4.69) is 0 Å². The number of halogens is 1. The highest BCUT2D eigenvalue weighted by Crippen LogP contribution is 2.43. The first-order chi connectivity index (χ1) is 19.4. The molecule has 2 amide bonds. The first-order valence-electron chi connectivity index (χ1n) is 13.7. The normalized spacial score (nSPS) is 16.5. The molecule has 4 rings (SSSR count). The predicted octanol–water partition coefficient (Wildman–Crippen LogP) is 7.15. The molecular weight excluding hydrogens is 540 g/mol. The van der Waals surface area contributed by atoms with Gasteiger partial charge in [-0.25, -0.2) is 0 Å². The van der Waals surface area contributed by atoms with Crippen LogP contribution in [0.3, 0.4) is 0 Å². The number of esters is 1. The number of anilines is 2. The van der Waals surface area contributed by atoms with Crippen LogP contribution in [0.25, 0.3) is 0 Å². The number of para-hydroxylation sites is 1. The van der Waals surface area contributed by atoms with Crippen LogP contribution in [0.2, 0.25) is 5.02 Å². The van der Waals surface area contributed by atoms with Crippen LogP contribution < -0.4 is 14.5 Å². The summed E-state index contributed by atoms with van der Waals surface area (Å²) in [5, 5.41) is 0.616. The van der Waals surface area contributed by atoms with Crippen molar-refractivity contribution in [3.63, 3.8) is 0 Å². The zero-order chi connectivity index (χ0) is 29.9. The Balaban J connectivity index is 1.57. The first kappa shape index (κ1) is 30.1. The molecule has 0 unspecified atom stereocenters. The van der Waals surface area contributed by atoms with E-state index in [9.17, 15) is 14.4 Å². The van der Waals surface area contributed by atoms with Crippen molar-refractivity contribution in [3.8, 4) is 5.75 Å². The monoisotopic (exact) mass is 576 g/mol. The van der Waals surface area contributed by atoms with E-state index in [-0.39, 0.29) is 29.9 Å². The van der Waals surface area contributed by atoms with E-state index in [0.717, 1.165) is 22.5 Å². The molecule has 7 nitrogen and oxygen atoms in total. The third-order valence-electron chi connectivity index (χ3n) is 7.68. The second kappa shape index (κ2) is 12.4. The van der Waals surface area contributed by atoms with Crippen LogP contribution in [0.15, 0.2) is 66.7 Å². The molecule has 1 aliphatic rings. The molecule has 216 valence electrons. The summed E-state index contributed by atoms with van der Waals surface area (Å²) in [6.45, 7) is 9.50. The van der Waals surface area contributed by atoms with Gasteiger partial charge in [-0.3, -0.25) is 14.4 Å². The summed E-state index contributed by atoms with van der Waals surface area (Å²) < 4.78 is 10.7. The molecule has 8 heteroatoms. The Bertz CT molecular complexity index is 1440. The van der Waals surface area contributed by atoms with Gasteiger partial charge in [-0.2, -0.15) is 0 Å². The molecule has 0 aromatic heterocycles. The van der Waals surface area contributed by atoms with E-state index >= 15 is 0 Å². The number of hydrogen-bond donors (Lipinski definition) is 0. The van der Waals surface area contributed by atoms with Crippen LogP contribution in [0.1, 0.15) is 68.1 Å². The fourth-order valence-electron chi connectivity index (χ4n) is 5.42. The lowest BCUT2D eigenvalue weighted by Gasteiger charge is -2.43. The fraction of sp³-hybridized carbons (Fsp3) is 0.364. The van der Waals surface area contributed by atoms with Crippen LogP contribution in [-0.4, -0.2) is 37.5 Å². The maximum atomic E-state index is 13.8. The van der Waals surface area contributed by atoms with Crippen LogP contribution >= 0.6 is 11.6 Å². The van der Waals surface area contributed by atoms with Gasteiger partial charge in [-0.05, 0) is 100 Å². The minimum absolute atomic E-state index is 0.0761. The van der Waals surface area contributed by atoms with Gasteiger partial charge in [0.25, 0.3) is 5.91 Å². The summed E-state index contributed by atoms with van der Waals surface area (Å²) >= 11 is 6.20. The van der Waals surface area contributed by atoms with Crippen molar-refractivity contribution in [1.29, 1.82) is 0 Å². The topological polar surface area (TPSA) is 76.2 Å². The lowest BCUT2D eigenvalue weighted by atomic mass is 9.89. The number of hydrogen-bond acceptors (Lipinski definition) is 5. The summed E-state index contributed by atoms with van der Waals surface area (Å²) in [4.78, 5) is 42.4. The van der Waals surface area contributed by atoms with E-state index in [0.29, 0.717) is 35.8 Å². The van der Waals surface area contributed by atoms with E-state index in [1.54, 1.807) is 37.3 Å². The smallest absolute Gasteiger partial charge is 0.311 e. The third kappa shape index (κ3) is 6.41. The molecule has 3 aromatic rings. The summed E-state index contributed by atoms with van der Waals surface area (Å²) in [6, 6.07) is 19.9. The molecule has 0 N–H and O–H groups in total. The number of rotatable bonds is 8. The van der Waals surface area contributed by atoms with Crippen LogP contribution in [0.4, 0.5) is 11.4 Å². The summed E-state index contributed by atoms with van der Waals surface area (Å²) in [7, 11) is 1.38. The fourth-order valence-corrected chi connectivity index (χ4v) is 5.64. The van der Waals surface area contributed by atoms with Gasteiger partial charge in [-0.1, -0.05) is 29.8 Å². The number of benzene rings is 3. The minimum Gasteiger partial charge on any atom is -0.494 e. The summed E-state index contributed by atoms with van der Waals surface area (Å²) in [6.07, 6.45) is 1.07. The second-order valence-electron chi connectivity index (χ2n) is 11.2. The highest BCUT2D eigenvalue weighted by atomic mass is 35.5. The molecule has 3 aromatic carbocycles. The number of aryl methyl sites for hydroxylation is 1. The Kier molecular flexibility index (Phi) is 9.08. The maximum absolute atomic E-state index is 13.8. The van der Waals surface area contributed by atoms with E-state index in [1.165, 1.54) is 7.11 Å². The summed E-state index contributed by atoms with van der Waals surface area (Å²) in [5.41, 5.74) is 3.29. The lowest BCUT2D eigenvalue weighted by Crippen LogP contribution is -2.47. The van der Waals surface area contributed by atoms with Crippen LogP contribution in [0.5, 0.6) is 5.75 Å². The van der Waals surface area contributed by atoms with Gasteiger partial charge in [0, 0.05) is 34.9 Å². The van der Waals surface area contributed by atoms with Crippen molar-refractivity contribution in [3.05, 3.63) is 88.4 Å². The van der Waals surface area contributed by atoms with Crippen LogP contribution in [-0.2, 0) is 14.3 Å². The molecular formula is C33H37ClN2O5. The Morgan fingerprint density at radius 1 is 1.05 bits per heavy atom. The van der Waals surface area contributed by atoms with Gasteiger partial charge in [0.05, 0.1) is 25.2 Å². The molecule has 41 heavy (non-hydrogen) atoms. The highest BCUT2D eigenvalue weighted by Gasteiger charge is 2.38. The van der Waals surface area contributed by atoms with Crippen molar-refractivity contribution >= 4 is 40.8 Å². The van der Waals surface area contributed by atoms with Gasteiger partial charge in [0.1, 0.15) is 5.75 Å². The van der Waals surface area contributed by atoms with Gasteiger partial charge >= 0.3 is 5.97 Å². The number of amides is 2. The molecule has 0 fully saturated rings. The van der Waals surface area contributed by atoms with E-state index in [4.69, 9.17) is 21.1 Å². The number of carbonyl (C=O) groups excluding carboxylic acids is 3. The first-order valence-corrected chi connectivity index (χ1v) is 14.1. The molecule has 1 heterocycles. The SMILES string of the molecule is COC(=O)C(C)(C)CCOc1ccc(C(=O)N2c3ccccc3[C@H](N(C(C)=O)c3ccc(Cl)cc3C)C[C@@H]2C)cc1. The Morgan fingerprint density at radius 3 is 2.37 bits per heavy atom. The zero-order valence-corrected chi connectivity index (χ0v) is 25.2. The maximum Gasteiger partial charge on any atom is 0.311 e. The van der Waals surface area contributed by atoms with Gasteiger partial charge in [0.2, 0.25) is 5.91 Å². The highest BCUT2D eigenvalue weighted by molar-refractivity contribution is 6.30. The van der Waals surface area contributed by atoms with Crippen molar-refractivity contribution in [2.45, 2.75) is 59.5 Å². The van der Waals surface area contributed by atoms with E-state index in [1.807, 2.05) is 73.9 Å². The number of methoxy groups -OCH3 is 1. The quantitative estimate of drug-likeness (QED) is 0.266. The van der Waals surface area contributed by atoms with Crippen molar-refractivity contribution < 1.29 is 23.9 Å². The molecule has 0 bridgehead atoms. The number of ether oxygens (including phenoxy) is 2. The number of fused-ring (bicyclic) bond motifs is 1. The number of nitrogens with zero attached hydrogens (tertiary/aromatic N) is 2.